The van der Waals surface area contributed by atoms with Gasteiger partial charge in [0.05, 0.1) is 13.2 Å². The lowest BCUT2D eigenvalue weighted by Crippen LogP contribution is -2.26. The van der Waals surface area contributed by atoms with Crippen LogP contribution in [-0.4, -0.2) is 52.2 Å². The highest BCUT2D eigenvalue weighted by atomic mass is 31.2. The van der Waals surface area contributed by atoms with E-state index in [0.29, 0.717) is 36.2 Å². The van der Waals surface area contributed by atoms with Gasteiger partial charge in [-0.15, -0.1) is 0 Å². The summed E-state index contributed by atoms with van der Waals surface area (Å²) in [5.41, 5.74) is 5.66. The smallest absolute Gasteiger partial charge is 0.320 e. The molecule has 0 atom stereocenters. The molecule has 4 aromatic rings. The number of hydrogen-bond donors (Lipinski definition) is 1. The van der Waals surface area contributed by atoms with Gasteiger partial charge in [-0.1, -0.05) is 18.2 Å². The van der Waals surface area contributed by atoms with Crippen LogP contribution >= 0.6 is 7.14 Å². The van der Waals surface area contributed by atoms with Crippen LogP contribution < -0.4 is 15.4 Å². The fourth-order valence-electron chi connectivity index (χ4n) is 4.37. The molecule has 9 heteroatoms. The van der Waals surface area contributed by atoms with Crippen LogP contribution in [0.5, 0.6) is 6.01 Å². The maximum absolute atomic E-state index is 12.4. The average Bonchev–Trinajstić information content (AvgIpc) is 3.27. The number of hydrogen-bond acceptors (Lipinski definition) is 7. The predicted octanol–water partition coefficient (Wildman–Crippen LogP) is 5.62. The van der Waals surface area contributed by atoms with E-state index in [2.05, 4.69) is 53.4 Å². The minimum atomic E-state index is -2.33. The van der Waals surface area contributed by atoms with Crippen molar-refractivity contribution in [2.45, 2.75) is 32.8 Å². The molecule has 3 heterocycles. The number of aryl methyl sites for hydroxylation is 2. The summed E-state index contributed by atoms with van der Waals surface area (Å²) in [5, 5.41) is 4.19. The Labute approximate surface area is 217 Å². The maximum atomic E-state index is 12.4. The van der Waals surface area contributed by atoms with Crippen molar-refractivity contribution in [3.8, 4) is 6.01 Å². The van der Waals surface area contributed by atoms with E-state index in [1.54, 1.807) is 19.7 Å². The van der Waals surface area contributed by atoms with Gasteiger partial charge < -0.3 is 19.4 Å². The summed E-state index contributed by atoms with van der Waals surface area (Å²) in [6.45, 7) is 9.07. The summed E-state index contributed by atoms with van der Waals surface area (Å²) >= 11 is 0. The molecule has 1 fully saturated rings. The lowest BCUT2D eigenvalue weighted by atomic mass is 10.0. The molecule has 0 aliphatic carbocycles. The summed E-state index contributed by atoms with van der Waals surface area (Å²) in [4.78, 5) is 14.0. The van der Waals surface area contributed by atoms with Gasteiger partial charge in [0, 0.05) is 30.0 Å². The molecule has 37 heavy (non-hydrogen) atoms. The van der Waals surface area contributed by atoms with Gasteiger partial charge in [0.15, 0.2) is 17.0 Å². The van der Waals surface area contributed by atoms with E-state index < -0.39 is 7.14 Å². The Bertz CT molecular complexity index is 1460. The lowest BCUT2D eigenvalue weighted by Gasteiger charge is -2.22. The van der Waals surface area contributed by atoms with Crippen molar-refractivity contribution in [3.63, 3.8) is 0 Å². The summed E-state index contributed by atoms with van der Waals surface area (Å²) in [5.74, 6) is 0.551. The molecular formula is C28H32N5O3P. The van der Waals surface area contributed by atoms with E-state index >= 15 is 0 Å². The van der Waals surface area contributed by atoms with Gasteiger partial charge in [-0.05, 0) is 74.2 Å². The second kappa shape index (κ2) is 10.5. The third-order valence-corrected chi connectivity index (χ3v) is 8.08. The zero-order valence-corrected chi connectivity index (χ0v) is 22.5. The Balaban J connectivity index is 1.52. The Morgan fingerprint density at radius 3 is 2.43 bits per heavy atom. The molecule has 2 aromatic carbocycles. The lowest BCUT2D eigenvalue weighted by molar-refractivity contribution is 0.0219. The number of imidazole rings is 1. The molecule has 0 saturated carbocycles. The van der Waals surface area contributed by atoms with Crippen molar-refractivity contribution >= 4 is 47.4 Å². The van der Waals surface area contributed by atoms with E-state index in [0.717, 1.165) is 23.8 Å². The van der Waals surface area contributed by atoms with Gasteiger partial charge >= 0.3 is 6.01 Å². The summed E-state index contributed by atoms with van der Waals surface area (Å²) in [6.07, 6.45) is 7.38. The molecule has 1 aliphatic rings. The first-order valence-electron chi connectivity index (χ1n) is 12.4. The van der Waals surface area contributed by atoms with Gasteiger partial charge in [0.25, 0.3) is 0 Å². The maximum Gasteiger partial charge on any atom is 0.320 e. The Hall–Kier alpha value is -3.48. The third-order valence-electron chi connectivity index (χ3n) is 6.54. The number of benzene rings is 2. The molecule has 0 spiro atoms. The number of fused-ring (bicyclic) bond motifs is 1. The second-order valence-corrected chi connectivity index (χ2v) is 13.0. The fraction of sp³-hybridized carbons (Fsp3) is 0.321. The highest BCUT2D eigenvalue weighted by Crippen LogP contribution is 2.35. The van der Waals surface area contributed by atoms with Crippen LogP contribution in [-0.2, 0) is 9.30 Å². The van der Waals surface area contributed by atoms with Crippen molar-refractivity contribution in [1.29, 1.82) is 0 Å². The highest BCUT2D eigenvalue weighted by Gasteiger charge is 2.20. The van der Waals surface area contributed by atoms with E-state index in [1.165, 1.54) is 16.7 Å². The van der Waals surface area contributed by atoms with Crippen LogP contribution in [0.3, 0.4) is 0 Å². The van der Waals surface area contributed by atoms with Gasteiger partial charge in [-0.25, -0.2) is 4.98 Å². The van der Waals surface area contributed by atoms with Gasteiger partial charge in [0.2, 0.25) is 0 Å². The summed E-state index contributed by atoms with van der Waals surface area (Å²) in [6, 6.07) is 14.1. The first-order valence-corrected chi connectivity index (χ1v) is 15.0. The topological polar surface area (TPSA) is 91.2 Å². The SMILES string of the molecule is Cc1cccc(C)c1C=Cn1cnc2c(Nc3ccc(P(C)(C)=O)cc3)nc(OC3CCOCC3)nc21. The molecule has 2 aromatic heterocycles. The zero-order chi connectivity index (χ0) is 26.0. The number of anilines is 2. The first kappa shape index (κ1) is 25.2. The molecule has 0 radical (unpaired) electrons. The second-order valence-electron chi connectivity index (χ2n) is 9.75. The Morgan fingerprint density at radius 1 is 1.05 bits per heavy atom. The highest BCUT2D eigenvalue weighted by molar-refractivity contribution is 7.70. The van der Waals surface area contributed by atoms with Crippen LogP contribution in [0.2, 0.25) is 0 Å². The predicted molar refractivity (Wildman–Crippen MR) is 150 cm³/mol. The largest absolute Gasteiger partial charge is 0.460 e. The molecule has 0 unspecified atom stereocenters. The van der Waals surface area contributed by atoms with Gasteiger partial charge in [-0.3, -0.25) is 4.57 Å². The van der Waals surface area contributed by atoms with Crippen molar-refractivity contribution in [1.82, 2.24) is 19.5 Å². The normalized spacial score (nSPS) is 14.9. The van der Waals surface area contributed by atoms with E-state index in [-0.39, 0.29) is 6.10 Å². The minimum absolute atomic E-state index is 0.00289. The number of aromatic nitrogens is 4. The van der Waals surface area contributed by atoms with E-state index in [1.807, 2.05) is 35.0 Å². The Kier molecular flexibility index (Phi) is 7.13. The third kappa shape index (κ3) is 5.76. The standard InChI is InChI=1S/C28H32N5O3P/c1-19-6-5-7-20(2)24(19)12-15-33-18-29-25-26(30-21-8-10-23(11-9-21)37(3,4)34)31-28(32-27(25)33)36-22-13-16-35-17-14-22/h5-12,15,18,22H,13-14,16-17H2,1-4H3,(H,30,31,32). The molecule has 1 saturated heterocycles. The summed E-state index contributed by atoms with van der Waals surface area (Å²) in [7, 11) is -2.33. The quantitative estimate of drug-likeness (QED) is 0.318. The monoisotopic (exact) mass is 517 g/mol. The number of rotatable bonds is 7. The van der Waals surface area contributed by atoms with Crippen LogP contribution in [0.4, 0.5) is 11.5 Å². The summed E-state index contributed by atoms with van der Waals surface area (Å²) < 4.78 is 26.0. The number of nitrogens with zero attached hydrogens (tertiary/aromatic N) is 4. The van der Waals surface area contributed by atoms with Crippen molar-refractivity contribution in [3.05, 3.63) is 65.5 Å². The van der Waals surface area contributed by atoms with Crippen LogP contribution in [0.15, 0.2) is 48.8 Å². The van der Waals surface area contributed by atoms with E-state index in [9.17, 15) is 4.57 Å². The minimum Gasteiger partial charge on any atom is -0.460 e. The number of ether oxygens (including phenoxy) is 2. The van der Waals surface area contributed by atoms with Gasteiger partial charge in [-0.2, -0.15) is 9.97 Å². The Morgan fingerprint density at radius 2 is 1.76 bits per heavy atom. The van der Waals surface area contributed by atoms with Crippen LogP contribution in [0.25, 0.3) is 23.4 Å². The molecular weight excluding hydrogens is 485 g/mol. The van der Waals surface area contributed by atoms with Gasteiger partial charge in [0.1, 0.15) is 19.6 Å². The molecule has 8 nitrogen and oxygen atoms in total. The molecule has 1 aliphatic heterocycles. The van der Waals surface area contributed by atoms with Crippen LogP contribution in [0.1, 0.15) is 29.5 Å². The molecule has 0 amide bonds. The first-order chi connectivity index (χ1) is 17.8. The average molecular weight is 518 g/mol. The number of nitrogens with one attached hydrogen (secondary N) is 1. The molecule has 1 N–H and O–H groups in total. The van der Waals surface area contributed by atoms with Crippen LogP contribution in [0, 0.1) is 13.8 Å². The van der Waals surface area contributed by atoms with Crippen molar-refractivity contribution < 1.29 is 14.0 Å². The van der Waals surface area contributed by atoms with Crippen molar-refractivity contribution in [2.24, 2.45) is 0 Å². The fourth-order valence-corrected chi connectivity index (χ4v) is 5.24. The van der Waals surface area contributed by atoms with E-state index in [4.69, 9.17) is 14.5 Å². The molecule has 192 valence electrons. The van der Waals surface area contributed by atoms with Crippen molar-refractivity contribution in [2.75, 3.05) is 31.9 Å². The molecule has 5 rings (SSSR count). The molecule has 0 bridgehead atoms. The zero-order valence-electron chi connectivity index (χ0n) is 21.6.